The van der Waals surface area contributed by atoms with Gasteiger partial charge in [-0.1, -0.05) is 74.0 Å². The van der Waals surface area contributed by atoms with E-state index in [1.165, 1.54) is 18.2 Å². The minimum absolute atomic E-state index is 0.00656. The number of halogens is 2. The minimum atomic E-state index is -1.03. The van der Waals surface area contributed by atoms with Crippen LogP contribution in [0.5, 0.6) is 5.75 Å². The van der Waals surface area contributed by atoms with Crippen molar-refractivity contribution < 1.29 is 18.3 Å². The van der Waals surface area contributed by atoms with Gasteiger partial charge in [0.05, 0.1) is 6.61 Å². The molecule has 43 heavy (non-hydrogen) atoms. The summed E-state index contributed by atoms with van der Waals surface area (Å²) in [6, 6.07) is 21.8. The van der Waals surface area contributed by atoms with Gasteiger partial charge in [0.15, 0.2) is 23.1 Å². The van der Waals surface area contributed by atoms with Crippen molar-refractivity contribution in [2.45, 2.75) is 38.1 Å². The Hall–Kier alpha value is -4.72. The largest absolute Gasteiger partial charge is 0.487 e. The van der Waals surface area contributed by atoms with Gasteiger partial charge in [0, 0.05) is 18.8 Å². The lowest BCUT2D eigenvalue weighted by Crippen LogP contribution is -2.62. The molecule has 1 unspecified atom stereocenters. The van der Waals surface area contributed by atoms with E-state index in [9.17, 15) is 14.0 Å². The van der Waals surface area contributed by atoms with Gasteiger partial charge in [-0.15, -0.1) is 0 Å². The van der Waals surface area contributed by atoms with Crippen LogP contribution in [0.25, 0.3) is 6.08 Å². The van der Waals surface area contributed by atoms with Crippen LogP contribution < -0.4 is 15.2 Å². The Kier molecular flexibility index (Phi) is 6.64. The Morgan fingerprint density at radius 2 is 1.70 bits per heavy atom. The lowest BCUT2D eigenvalue weighted by atomic mass is 9.83. The first-order chi connectivity index (χ1) is 20.9. The van der Waals surface area contributed by atoms with Crippen molar-refractivity contribution in [1.29, 1.82) is 0 Å². The van der Waals surface area contributed by atoms with Crippen LogP contribution in [0.1, 0.15) is 58.1 Å². The molecule has 0 bridgehead atoms. The predicted octanol–water partition coefficient (Wildman–Crippen LogP) is 5.80. The molecule has 1 amide bonds. The smallest absolute Gasteiger partial charge is 0.277 e. The molecule has 0 radical (unpaired) electrons. The van der Waals surface area contributed by atoms with Gasteiger partial charge in [0.1, 0.15) is 12.2 Å². The number of rotatable bonds is 8. The molecule has 0 fully saturated rings. The fourth-order valence-corrected chi connectivity index (χ4v) is 6.79. The second kappa shape index (κ2) is 10.5. The molecule has 1 atom stereocenters. The van der Waals surface area contributed by atoms with E-state index in [2.05, 4.69) is 6.08 Å². The number of ether oxygens (including phenoxy) is 1. The Labute approximate surface area is 248 Å². The van der Waals surface area contributed by atoms with Crippen LogP contribution in [0.4, 0.5) is 8.78 Å². The number of unbranched alkanes of at least 4 members (excludes halogenated alkanes) is 1. The maximum absolute atomic E-state index is 15.0. The van der Waals surface area contributed by atoms with Crippen molar-refractivity contribution in [3.63, 3.8) is 0 Å². The minimum Gasteiger partial charge on any atom is -0.487 e. The van der Waals surface area contributed by atoms with E-state index in [0.717, 1.165) is 35.1 Å². The summed E-state index contributed by atoms with van der Waals surface area (Å²) in [6.45, 7) is 2.86. The zero-order valence-electron chi connectivity index (χ0n) is 23.9. The maximum Gasteiger partial charge on any atom is 0.277 e. The first-order valence-corrected chi connectivity index (χ1v) is 14.7. The summed E-state index contributed by atoms with van der Waals surface area (Å²) < 4.78 is 37.3. The lowest BCUT2D eigenvalue weighted by Gasteiger charge is -2.49. The topological polar surface area (TPSA) is 54.8 Å². The fraction of sp³-hybridized carbons (Fsp3) is 0.257. The Morgan fingerprint density at radius 1 is 0.930 bits per heavy atom. The third-order valence-electron chi connectivity index (χ3n) is 8.80. The van der Waals surface area contributed by atoms with Crippen LogP contribution in [0.2, 0.25) is 0 Å². The summed E-state index contributed by atoms with van der Waals surface area (Å²) >= 11 is 0. The molecule has 0 spiro atoms. The molecule has 2 aliphatic carbocycles. The number of carbonyl (C=O) groups is 1. The molecule has 7 rings (SSSR count). The molecule has 6 nitrogen and oxygen atoms in total. The highest BCUT2D eigenvalue weighted by Gasteiger charge is 2.55. The van der Waals surface area contributed by atoms with Gasteiger partial charge in [-0.05, 0) is 64.8 Å². The van der Waals surface area contributed by atoms with Crippen LogP contribution in [0.3, 0.4) is 0 Å². The van der Waals surface area contributed by atoms with Crippen molar-refractivity contribution >= 4 is 12.0 Å². The number of hydrogen-bond acceptors (Lipinski definition) is 4. The van der Waals surface area contributed by atoms with Crippen LogP contribution in [0.15, 0.2) is 89.4 Å². The van der Waals surface area contributed by atoms with Crippen LogP contribution in [0, 0.1) is 11.6 Å². The standard InChI is InChI=1S/C35H31F2N3O3/c1-2-3-17-43-33-31(41)14-16-39-32(33)34(42)38(15-13-23-9-5-4-6-10-23)22-40(39)35-26(18-24-11-7-8-12-27(24)35)19-25-20-29(36)30(37)21-28(25)35/h4-12,14,16,18,20-21H,2-3,13,15,17,19,22H2,1H3. The summed E-state index contributed by atoms with van der Waals surface area (Å²) in [5, 5.41) is 2.02. The van der Waals surface area contributed by atoms with Gasteiger partial charge in [-0.25, -0.2) is 8.78 Å². The van der Waals surface area contributed by atoms with E-state index in [4.69, 9.17) is 4.74 Å². The molecular formula is C35H31F2N3O3. The number of pyridine rings is 1. The SMILES string of the molecule is CCCCOc1c2n(ccc1=O)N(C13C(=Cc4ccccc41)Cc1cc(F)c(F)cc13)CN(CCc1ccccc1)C2=O. The highest BCUT2D eigenvalue weighted by molar-refractivity contribution is 5.96. The third-order valence-corrected chi connectivity index (χ3v) is 8.80. The molecule has 3 aromatic carbocycles. The summed E-state index contributed by atoms with van der Waals surface area (Å²) in [6.07, 6.45) is 6.30. The Morgan fingerprint density at radius 3 is 2.51 bits per heavy atom. The zero-order valence-corrected chi connectivity index (χ0v) is 23.9. The van der Waals surface area contributed by atoms with Crippen molar-refractivity contribution in [2.24, 2.45) is 0 Å². The lowest BCUT2D eigenvalue weighted by molar-refractivity contribution is 0.0667. The zero-order chi connectivity index (χ0) is 29.7. The fourth-order valence-electron chi connectivity index (χ4n) is 6.79. The summed E-state index contributed by atoms with van der Waals surface area (Å²) in [4.78, 5) is 29.2. The van der Waals surface area contributed by atoms with Gasteiger partial charge in [-0.3, -0.25) is 19.3 Å². The summed E-state index contributed by atoms with van der Waals surface area (Å²) in [7, 11) is 0. The number of aromatic nitrogens is 1. The molecule has 0 N–H and O–H groups in total. The van der Waals surface area contributed by atoms with E-state index >= 15 is 4.39 Å². The molecule has 8 heteroatoms. The van der Waals surface area contributed by atoms with Crippen LogP contribution in [-0.4, -0.2) is 35.3 Å². The average molecular weight is 580 g/mol. The molecule has 2 heterocycles. The van der Waals surface area contributed by atoms with E-state index in [1.54, 1.807) is 15.8 Å². The maximum atomic E-state index is 15.0. The highest BCUT2D eigenvalue weighted by atomic mass is 19.2. The predicted molar refractivity (Wildman–Crippen MR) is 161 cm³/mol. The van der Waals surface area contributed by atoms with Gasteiger partial charge in [-0.2, -0.15) is 0 Å². The van der Waals surface area contributed by atoms with E-state index in [1.807, 2.05) is 66.5 Å². The van der Waals surface area contributed by atoms with Gasteiger partial charge >= 0.3 is 0 Å². The number of nitrogens with zero attached hydrogens (tertiary/aromatic N) is 3. The molecule has 1 aliphatic heterocycles. The Bertz CT molecular complexity index is 1830. The van der Waals surface area contributed by atoms with Gasteiger partial charge in [0.25, 0.3) is 5.91 Å². The number of amides is 1. The van der Waals surface area contributed by atoms with E-state index in [-0.39, 0.29) is 29.4 Å². The number of hydrogen-bond donors (Lipinski definition) is 0. The first-order valence-electron chi connectivity index (χ1n) is 14.7. The third kappa shape index (κ3) is 4.19. The number of benzene rings is 3. The molecule has 0 saturated carbocycles. The number of carbonyl (C=O) groups excluding carboxylic acids is 1. The highest BCUT2D eigenvalue weighted by Crippen LogP contribution is 2.55. The molecular weight excluding hydrogens is 548 g/mol. The quantitative estimate of drug-likeness (QED) is 0.248. The Balaban J connectivity index is 1.44. The molecule has 4 aromatic rings. The van der Waals surface area contributed by atoms with Crippen LogP contribution in [-0.2, 0) is 18.4 Å². The van der Waals surface area contributed by atoms with E-state index < -0.39 is 17.2 Å². The molecule has 218 valence electrons. The summed E-state index contributed by atoms with van der Waals surface area (Å²) in [5.41, 5.74) is 3.95. The molecule has 0 saturated heterocycles. The van der Waals surface area contributed by atoms with Crippen molar-refractivity contribution in [2.75, 3.05) is 24.8 Å². The van der Waals surface area contributed by atoms with Gasteiger partial charge < -0.3 is 9.64 Å². The monoisotopic (exact) mass is 579 g/mol. The second-order valence-corrected chi connectivity index (χ2v) is 11.3. The number of fused-ring (bicyclic) bond motifs is 6. The van der Waals surface area contributed by atoms with Gasteiger partial charge in [0.2, 0.25) is 5.43 Å². The van der Waals surface area contributed by atoms with Crippen molar-refractivity contribution in [3.05, 3.63) is 140 Å². The first kappa shape index (κ1) is 27.1. The van der Waals surface area contributed by atoms with E-state index in [0.29, 0.717) is 37.1 Å². The van der Waals surface area contributed by atoms with Crippen molar-refractivity contribution in [1.82, 2.24) is 9.58 Å². The normalized spacial score (nSPS) is 18.2. The summed E-state index contributed by atoms with van der Waals surface area (Å²) in [5.74, 6) is -2.13. The van der Waals surface area contributed by atoms with Crippen LogP contribution >= 0.6 is 0 Å². The second-order valence-electron chi connectivity index (χ2n) is 11.3. The average Bonchev–Trinajstić information content (AvgIpc) is 3.49. The molecule has 3 aliphatic rings. The molecule has 1 aromatic heterocycles. The van der Waals surface area contributed by atoms with Crippen molar-refractivity contribution in [3.8, 4) is 5.75 Å².